The van der Waals surface area contributed by atoms with Gasteiger partial charge >= 0.3 is 17.6 Å². The molecule has 0 radical (unpaired) electrons. The number of ether oxygens (including phenoxy) is 3. The van der Waals surface area contributed by atoms with Gasteiger partial charge in [-0.3, -0.25) is 4.79 Å². The minimum Gasteiger partial charge on any atom is -0.483 e. The lowest BCUT2D eigenvalue weighted by molar-refractivity contribution is -0.188. The Balaban J connectivity index is 1.26. The first kappa shape index (κ1) is 39.8. The largest absolute Gasteiger partial charge is 0.483 e. The maximum Gasteiger partial charge on any atom is 0.339 e. The molecule has 0 fully saturated rings. The van der Waals surface area contributed by atoms with E-state index in [1.54, 1.807) is 32.9 Å². The monoisotopic (exact) mass is 768 g/mol. The fourth-order valence-electron chi connectivity index (χ4n) is 8.16. The van der Waals surface area contributed by atoms with Crippen molar-refractivity contribution in [2.24, 2.45) is 5.92 Å². The summed E-state index contributed by atoms with van der Waals surface area (Å²) in [4.78, 5) is 41.9. The van der Waals surface area contributed by atoms with Gasteiger partial charge in [-0.1, -0.05) is 92.7 Å². The second-order valence-corrected chi connectivity index (χ2v) is 16.5. The van der Waals surface area contributed by atoms with Crippen LogP contribution in [0.1, 0.15) is 105 Å². The van der Waals surface area contributed by atoms with E-state index in [9.17, 15) is 19.5 Å². The van der Waals surface area contributed by atoms with E-state index in [2.05, 4.69) is 72.8 Å². The number of carbonyl (C=O) groups excluding carboxylic acids is 2. The van der Waals surface area contributed by atoms with Crippen molar-refractivity contribution in [2.45, 2.75) is 103 Å². The third kappa shape index (κ3) is 9.07. The molecule has 3 aliphatic heterocycles. The van der Waals surface area contributed by atoms with Crippen molar-refractivity contribution in [3.05, 3.63) is 158 Å². The topological polar surface area (TPSA) is 112 Å². The minimum absolute atomic E-state index is 0.0665. The molecule has 0 unspecified atom stereocenters. The van der Waals surface area contributed by atoms with Crippen LogP contribution in [0.3, 0.4) is 0 Å². The third-order valence-corrected chi connectivity index (χ3v) is 11.4. The van der Waals surface area contributed by atoms with Crippen LogP contribution in [0.5, 0.6) is 5.75 Å². The van der Waals surface area contributed by atoms with Gasteiger partial charge in [0.1, 0.15) is 16.9 Å². The summed E-state index contributed by atoms with van der Waals surface area (Å²) in [6, 6.07) is 32.8. The highest BCUT2D eigenvalue weighted by Gasteiger charge is 2.50. The Morgan fingerprint density at radius 3 is 2.26 bits per heavy atom. The lowest BCUT2D eigenvalue weighted by atomic mass is 9.86. The van der Waals surface area contributed by atoms with E-state index in [1.807, 2.05) is 26.0 Å². The summed E-state index contributed by atoms with van der Waals surface area (Å²) in [5.74, 6) is -0.862. The SMILES string of the molecule is CC(CO)=C1CCc2ccc(cc2)C[C@H](CCc2cccc(Cc3ccccc3)c2)CC(=O)O[C@H]2c3c(ccc4cc(C(C)C)c(=O)oc34)OC(C)(C)[C@H]2OC1=O. The summed E-state index contributed by atoms with van der Waals surface area (Å²) >= 11 is 0. The number of aryl methyl sites for hydroxylation is 2. The molecule has 3 atom stereocenters. The van der Waals surface area contributed by atoms with E-state index in [-0.39, 0.29) is 30.4 Å². The maximum absolute atomic E-state index is 14.4. The Morgan fingerprint density at radius 1 is 0.807 bits per heavy atom. The highest BCUT2D eigenvalue weighted by molar-refractivity contribution is 5.90. The zero-order chi connectivity index (χ0) is 40.3. The van der Waals surface area contributed by atoms with Crippen LogP contribution in [0, 0.1) is 5.92 Å². The molecular formula is C49H52O8. The van der Waals surface area contributed by atoms with Crippen molar-refractivity contribution in [3.63, 3.8) is 0 Å². The first-order valence-electron chi connectivity index (χ1n) is 20.1. The number of fused-ring (bicyclic) bond motifs is 13. The Kier molecular flexibility index (Phi) is 11.8. The molecule has 8 heteroatoms. The molecule has 5 aromatic rings. The van der Waals surface area contributed by atoms with Crippen LogP contribution in [0.2, 0.25) is 0 Å². The van der Waals surface area contributed by atoms with Crippen molar-refractivity contribution in [3.8, 4) is 5.75 Å². The predicted molar refractivity (Wildman–Crippen MR) is 220 cm³/mol. The van der Waals surface area contributed by atoms with E-state index >= 15 is 0 Å². The fraction of sp³-hybridized carbons (Fsp3) is 0.367. The van der Waals surface area contributed by atoms with E-state index in [0.717, 1.165) is 30.4 Å². The van der Waals surface area contributed by atoms with Gasteiger partial charge in [0.2, 0.25) is 0 Å². The molecule has 296 valence electrons. The van der Waals surface area contributed by atoms with Crippen LogP contribution in [0.15, 0.2) is 117 Å². The predicted octanol–water partition coefficient (Wildman–Crippen LogP) is 9.31. The molecule has 1 N–H and O–H groups in total. The second kappa shape index (κ2) is 16.9. The number of benzene rings is 4. The number of carbonyl (C=O) groups is 2. The average molecular weight is 769 g/mol. The molecule has 0 amide bonds. The molecule has 0 saturated heterocycles. The van der Waals surface area contributed by atoms with Gasteiger partial charge < -0.3 is 23.7 Å². The van der Waals surface area contributed by atoms with Gasteiger partial charge in [0.25, 0.3) is 0 Å². The summed E-state index contributed by atoms with van der Waals surface area (Å²) in [6.45, 7) is 8.81. The normalized spacial score (nSPS) is 20.6. The average Bonchev–Trinajstić information content (AvgIpc) is 3.18. The van der Waals surface area contributed by atoms with E-state index in [0.29, 0.717) is 52.7 Å². The number of hydrogen-bond donors (Lipinski definition) is 1. The van der Waals surface area contributed by atoms with Crippen LogP contribution in [0.25, 0.3) is 11.0 Å². The van der Waals surface area contributed by atoms with Gasteiger partial charge in [-0.25, -0.2) is 9.59 Å². The maximum atomic E-state index is 14.4. The van der Waals surface area contributed by atoms with Crippen molar-refractivity contribution in [1.82, 2.24) is 0 Å². The highest BCUT2D eigenvalue weighted by Crippen LogP contribution is 2.47. The van der Waals surface area contributed by atoms with E-state index in [1.165, 1.54) is 16.7 Å². The van der Waals surface area contributed by atoms with Crippen LogP contribution < -0.4 is 10.4 Å². The van der Waals surface area contributed by atoms with Gasteiger partial charge in [-0.15, -0.1) is 0 Å². The van der Waals surface area contributed by atoms with Gasteiger partial charge in [0, 0.05) is 22.9 Å². The molecule has 57 heavy (non-hydrogen) atoms. The molecule has 1 aromatic heterocycles. The Morgan fingerprint density at radius 2 is 1.53 bits per heavy atom. The summed E-state index contributed by atoms with van der Waals surface area (Å²) in [6.07, 6.45) is 1.75. The van der Waals surface area contributed by atoms with Gasteiger partial charge in [-0.05, 0) is 123 Å². The molecular weight excluding hydrogens is 717 g/mol. The standard InChI is InChI=1S/C49H52O8/c1-30(2)40-28-38-21-23-41-43(44(38)55-48(40)53)45-46(49(4,5)57-41)56-47(52)39(31(3)29-50)22-20-32-14-16-35(17-15-32)26-37(27-42(51)54-45)19-18-34-12-9-13-36(25-34)24-33-10-7-6-8-11-33/h6-17,21,23,25,28,30,37,45-46,50H,18-20,22,24,26-27,29H2,1-5H3/t37-,45-,46-/m0/s1. The number of rotatable bonds is 7. The molecule has 4 aromatic carbocycles. The Hall–Kier alpha value is -5.47. The van der Waals surface area contributed by atoms with E-state index in [4.69, 9.17) is 18.6 Å². The van der Waals surface area contributed by atoms with Crippen molar-refractivity contribution in [1.29, 1.82) is 0 Å². The Labute approximate surface area is 334 Å². The number of aliphatic hydroxyl groups is 1. The lowest BCUT2D eigenvalue weighted by Gasteiger charge is -2.43. The quantitative estimate of drug-likeness (QED) is 0.0991. The van der Waals surface area contributed by atoms with E-state index < -0.39 is 35.4 Å². The summed E-state index contributed by atoms with van der Waals surface area (Å²) in [7, 11) is 0. The molecule has 2 bridgehead atoms. The molecule has 4 heterocycles. The summed E-state index contributed by atoms with van der Waals surface area (Å²) in [5, 5.41) is 10.8. The zero-order valence-corrected chi connectivity index (χ0v) is 33.5. The molecule has 0 spiro atoms. The second-order valence-electron chi connectivity index (χ2n) is 16.5. The van der Waals surface area contributed by atoms with Gasteiger partial charge in [0.15, 0.2) is 12.2 Å². The van der Waals surface area contributed by atoms with Crippen molar-refractivity contribution >= 4 is 22.9 Å². The number of aliphatic hydroxyl groups excluding tert-OH is 1. The van der Waals surface area contributed by atoms with Crippen molar-refractivity contribution in [2.75, 3.05) is 6.61 Å². The molecule has 3 aliphatic rings. The molecule has 8 rings (SSSR count). The summed E-state index contributed by atoms with van der Waals surface area (Å²) < 4.78 is 25.3. The fourth-order valence-corrected chi connectivity index (χ4v) is 8.16. The smallest absolute Gasteiger partial charge is 0.339 e. The first-order chi connectivity index (χ1) is 27.4. The first-order valence-corrected chi connectivity index (χ1v) is 20.1. The van der Waals surface area contributed by atoms with Crippen LogP contribution in [0.4, 0.5) is 0 Å². The lowest BCUT2D eigenvalue weighted by Crippen LogP contribution is -2.52. The molecule has 8 nitrogen and oxygen atoms in total. The highest BCUT2D eigenvalue weighted by atomic mass is 16.6. The Bertz CT molecular complexity index is 2330. The van der Waals surface area contributed by atoms with Crippen LogP contribution in [-0.2, 0) is 44.7 Å². The molecule has 0 aliphatic carbocycles. The molecule has 0 saturated carbocycles. The van der Waals surface area contributed by atoms with Crippen LogP contribution in [-0.4, -0.2) is 35.4 Å². The zero-order valence-electron chi connectivity index (χ0n) is 33.5. The minimum atomic E-state index is -1.16. The van der Waals surface area contributed by atoms with Crippen molar-refractivity contribution < 1.29 is 33.3 Å². The van der Waals surface area contributed by atoms with Gasteiger partial charge in [-0.2, -0.15) is 0 Å². The van der Waals surface area contributed by atoms with Gasteiger partial charge in [0.05, 0.1) is 12.2 Å². The summed E-state index contributed by atoms with van der Waals surface area (Å²) in [5.41, 5.74) is 6.11. The number of esters is 2. The third-order valence-electron chi connectivity index (χ3n) is 11.4. The number of hydrogen-bond acceptors (Lipinski definition) is 8. The van der Waals surface area contributed by atoms with Crippen LogP contribution >= 0.6 is 0 Å².